The van der Waals surface area contributed by atoms with Crippen LogP contribution in [0.3, 0.4) is 0 Å². The minimum absolute atomic E-state index is 0.0700. The maximum Gasteiger partial charge on any atom is 0.220 e. The van der Waals surface area contributed by atoms with Crippen molar-refractivity contribution in [3.05, 3.63) is 47.5 Å². The fourth-order valence-corrected chi connectivity index (χ4v) is 13.1. The van der Waals surface area contributed by atoms with E-state index in [4.69, 9.17) is 4.74 Å². The van der Waals surface area contributed by atoms with Gasteiger partial charge in [-0.3, -0.25) is 14.5 Å². The summed E-state index contributed by atoms with van der Waals surface area (Å²) in [5.41, 5.74) is 3.42. The number of amides is 2. The van der Waals surface area contributed by atoms with Gasteiger partial charge in [-0.2, -0.15) is 0 Å². The Labute approximate surface area is 320 Å². The van der Waals surface area contributed by atoms with Crippen LogP contribution in [0.15, 0.2) is 42.0 Å². The molecule has 6 aliphatic rings. The van der Waals surface area contributed by atoms with Gasteiger partial charge in [-0.05, 0) is 118 Å². The molecular weight excluding hydrogens is 659 g/mol. The Balaban J connectivity index is 0.895. The molecule has 3 N–H and O–H groups in total. The first-order valence-electron chi connectivity index (χ1n) is 21.8. The zero-order valence-electron chi connectivity index (χ0n) is 33.8. The average molecular weight is 730 g/mol. The van der Waals surface area contributed by atoms with E-state index in [1.807, 2.05) is 18.2 Å². The molecule has 7 heteroatoms. The highest BCUT2D eigenvalue weighted by Crippen LogP contribution is 2.83. The number of carbonyl (C=O) groups is 2. The minimum atomic E-state index is -0.167. The Bertz CT molecular complexity index is 1480. The van der Waals surface area contributed by atoms with Crippen molar-refractivity contribution in [1.29, 1.82) is 0 Å². The second-order valence-corrected chi connectivity index (χ2v) is 19.3. The number of fused-ring (bicyclic) bond motifs is 3. The topological polar surface area (TPSA) is 90.9 Å². The number of aliphatic hydroxyl groups excluding tert-OH is 1. The number of nitrogens with one attached hydrogen (secondary N) is 2. The number of hydrogen-bond donors (Lipinski definition) is 3. The number of allylic oxidation sites excluding steroid dienone is 1. The molecule has 2 saturated heterocycles. The fourth-order valence-electron chi connectivity index (χ4n) is 13.1. The van der Waals surface area contributed by atoms with Gasteiger partial charge in [-0.25, -0.2) is 0 Å². The molecule has 11 atom stereocenters. The lowest BCUT2D eigenvalue weighted by Crippen LogP contribution is -2.55. The van der Waals surface area contributed by atoms with E-state index < -0.39 is 0 Å². The Kier molecular flexibility index (Phi) is 11.6. The van der Waals surface area contributed by atoms with Crippen LogP contribution in [0.4, 0.5) is 0 Å². The average Bonchev–Trinajstić information content (AvgIpc) is 3.65. The number of unbranched alkanes of at least 4 members (excludes halogenated alkanes) is 2. The van der Waals surface area contributed by atoms with Gasteiger partial charge in [-0.15, -0.1) is 0 Å². The van der Waals surface area contributed by atoms with Crippen molar-refractivity contribution in [2.75, 3.05) is 26.2 Å². The molecule has 1 aromatic carbocycles. The van der Waals surface area contributed by atoms with Crippen LogP contribution >= 0.6 is 0 Å². The predicted molar refractivity (Wildman–Crippen MR) is 212 cm³/mol. The van der Waals surface area contributed by atoms with Gasteiger partial charge < -0.3 is 20.5 Å². The van der Waals surface area contributed by atoms with Crippen molar-refractivity contribution in [3.63, 3.8) is 0 Å². The van der Waals surface area contributed by atoms with Crippen LogP contribution in [0.1, 0.15) is 136 Å². The first-order valence-corrected chi connectivity index (χ1v) is 21.8. The van der Waals surface area contributed by atoms with Crippen LogP contribution in [-0.4, -0.2) is 71.9 Å². The van der Waals surface area contributed by atoms with E-state index in [0.717, 1.165) is 76.8 Å². The van der Waals surface area contributed by atoms with Crippen LogP contribution in [-0.2, 0) is 20.7 Å². The third-order valence-electron chi connectivity index (χ3n) is 16.3. The van der Waals surface area contributed by atoms with E-state index in [1.54, 1.807) is 5.57 Å². The summed E-state index contributed by atoms with van der Waals surface area (Å²) in [6, 6.07) is 10.6. The normalized spacial score (nSPS) is 41.7. The van der Waals surface area contributed by atoms with Crippen LogP contribution in [0.2, 0.25) is 0 Å². The summed E-state index contributed by atoms with van der Waals surface area (Å²) >= 11 is 0. The molecule has 4 aliphatic carbocycles. The number of piperidine rings is 1. The number of aryl methyl sites for hydroxylation is 1. The summed E-state index contributed by atoms with van der Waals surface area (Å²) in [4.78, 5) is 27.8. The van der Waals surface area contributed by atoms with Crippen LogP contribution in [0, 0.1) is 39.9 Å². The Morgan fingerprint density at radius 1 is 0.943 bits per heavy atom. The van der Waals surface area contributed by atoms with Crippen molar-refractivity contribution in [3.8, 4) is 0 Å². The fraction of sp³-hybridized carbons (Fsp3) is 0.783. The second-order valence-electron chi connectivity index (χ2n) is 19.3. The number of likely N-dealkylation sites (tertiary alicyclic amines) is 1. The molecule has 0 bridgehead atoms. The van der Waals surface area contributed by atoms with E-state index in [-0.39, 0.29) is 40.5 Å². The number of benzene rings is 1. The summed E-state index contributed by atoms with van der Waals surface area (Å²) in [6.07, 6.45) is 18.7. The molecule has 2 aliphatic heterocycles. The molecular formula is C46H71N3O4. The standard InChI is InChI=1S/C46H71N3O4/c1-32-27-39-42(49(30-32)26-25-48-40(51)17-10-7-11-24-47-41(52)19-18-35-13-8-6-9-14-35)34(3)46(53-39)23-20-36-15-12-16-37-28-38(50)21-22-43(37,4)33(2)29-45(36)31-44(45,46)5/h6,8-9,13-14,16,32-34,36,38-39,42,50H,7,10-12,15,17-31H2,1-5H3,(H,47,52)(H,48,51)/b37-16-/t32-,33?,34+,36?,38-,39?,42-,43+,44?,45?,46+/m0/s1. The zero-order valence-corrected chi connectivity index (χ0v) is 33.8. The van der Waals surface area contributed by atoms with E-state index in [0.29, 0.717) is 55.1 Å². The van der Waals surface area contributed by atoms with Gasteiger partial charge in [-0.1, -0.05) is 83.0 Å². The molecule has 1 aromatic rings. The van der Waals surface area contributed by atoms with Gasteiger partial charge in [0.1, 0.15) is 0 Å². The van der Waals surface area contributed by atoms with Gasteiger partial charge >= 0.3 is 0 Å². The van der Waals surface area contributed by atoms with Crippen LogP contribution < -0.4 is 10.6 Å². The lowest BCUT2D eigenvalue weighted by Gasteiger charge is -2.52. The maximum atomic E-state index is 12.9. The van der Waals surface area contributed by atoms with Crippen molar-refractivity contribution in [2.24, 2.45) is 39.9 Å². The minimum Gasteiger partial charge on any atom is -0.393 e. The molecule has 0 radical (unpaired) electrons. The SMILES string of the molecule is CC1CC23CC2(C)[C@]2(CCC3CC/C=C3/C[C@@H](O)CC[C@@]31C)OC1C[C@H](C)CN(CCNC(=O)CCCCCNC(=O)CCc3ccccc3)[C@H]1[C@H]2C. The Morgan fingerprint density at radius 2 is 1.72 bits per heavy atom. The second kappa shape index (κ2) is 15.7. The van der Waals surface area contributed by atoms with Crippen molar-refractivity contribution in [2.45, 2.75) is 161 Å². The summed E-state index contributed by atoms with van der Waals surface area (Å²) in [7, 11) is 0. The Hall–Kier alpha value is -2.22. The van der Waals surface area contributed by atoms with Crippen LogP contribution in [0.5, 0.6) is 0 Å². The molecule has 7 nitrogen and oxygen atoms in total. The van der Waals surface area contributed by atoms with Gasteiger partial charge in [0, 0.05) is 56.4 Å². The molecule has 2 spiro atoms. The van der Waals surface area contributed by atoms with Crippen molar-refractivity contribution >= 4 is 11.8 Å². The number of rotatable bonds is 12. The predicted octanol–water partition coefficient (Wildman–Crippen LogP) is 8.00. The number of hydrogen-bond acceptors (Lipinski definition) is 5. The van der Waals surface area contributed by atoms with Gasteiger partial charge in [0.2, 0.25) is 11.8 Å². The highest BCUT2D eigenvalue weighted by Gasteiger charge is 2.81. The van der Waals surface area contributed by atoms with E-state index in [1.165, 1.54) is 37.7 Å². The number of ether oxygens (including phenoxy) is 1. The molecule has 294 valence electrons. The summed E-state index contributed by atoms with van der Waals surface area (Å²) in [5.74, 6) is 2.67. The molecule has 5 fully saturated rings. The molecule has 3 saturated carbocycles. The number of aliphatic hydroxyl groups is 1. The summed E-state index contributed by atoms with van der Waals surface area (Å²) in [6.45, 7) is 15.9. The van der Waals surface area contributed by atoms with Crippen LogP contribution in [0.25, 0.3) is 0 Å². The van der Waals surface area contributed by atoms with Crippen molar-refractivity contribution in [1.82, 2.24) is 15.5 Å². The van der Waals surface area contributed by atoms with Gasteiger partial charge in [0.25, 0.3) is 0 Å². The number of nitrogens with zero attached hydrogens (tertiary/aromatic N) is 1. The lowest BCUT2D eigenvalue weighted by atomic mass is 9.56. The Morgan fingerprint density at radius 3 is 2.53 bits per heavy atom. The smallest absolute Gasteiger partial charge is 0.220 e. The van der Waals surface area contributed by atoms with E-state index >= 15 is 0 Å². The first kappa shape index (κ1) is 39.0. The lowest BCUT2D eigenvalue weighted by molar-refractivity contribution is -0.153. The molecule has 2 amide bonds. The molecule has 0 aromatic heterocycles. The largest absolute Gasteiger partial charge is 0.393 e. The van der Waals surface area contributed by atoms with Gasteiger partial charge in [0.05, 0.1) is 17.8 Å². The summed E-state index contributed by atoms with van der Waals surface area (Å²) in [5, 5.41) is 16.9. The third kappa shape index (κ3) is 7.42. The van der Waals surface area contributed by atoms with E-state index in [2.05, 4.69) is 68.4 Å². The molecule has 53 heavy (non-hydrogen) atoms. The summed E-state index contributed by atoms with van der Waals surface area (Å²) < 4.78 is 7.55. The van der Waals surface area contributed by atoms with Crippen molar-refractivity contribution < 1.29 is 19.4 Å². The highest BCUT2D eigenvalue weighted by atomic mass is 16.5. The molecule has 5 unspecified atom stereocenters. The first-order chi connectivity index (χ1) is 25.4. The number of carbonyl (C=O) groups excluding carboxylic acids is 2. The zero-order chi connectivity index (χ0) is 37.4. The molecule has 7 rings (SSSR count). The monoisotopic (exact) mass is 730 g/mol. The highest BCUT2D eigenvalue weighted by molar-refractivity contribution is 5.76. The van der Waals surface area contributed by atoms with Gasteiger partial charge in [0.15, 0.2) is 0 Å². The molecule has 2 heterocycles. The quantitative estimate of drug-likeness (QED) is 0.150. The third-order valence-corrected chi connectivity index (χ3v) is 16.3. The van der Waals surface area contributed by atoms with E-state index in [9.17, 15) is 14.7 Å². The maximum absolute atomic E-state index is 12.9.